The molecule has 1 heteroatoms. The summed E-state index contributed by atoms with van der Waals surface area (Å²) in [5.74, 6) is 1.03. The Bertz CT molecular complexity index is 476. The molecule has 1 saturated carbocycles. The SMILES string of the molecule is C=C[C@@]1(C)CC[C@H](C(=C)CC(=O)C=C(C)C)C[C@@H]1C(=C)C. The Morgan fingerprint density at radius 1 is 1.29 bits per heavy atom. The van der Waals surface area contributed by atoms with E-state index in [-0.39, 0.29) is 11.2 Å². The number of carbonyl (C=O) groups excluding carboxylic acids is 1. The topological polar surface area (TPSA) is 17.1 Å². The van der Waals surface area contributed by atoms with Gasteiger partial charge < -0.3 is 0 Å². The van der Waals surface area contributed by atoms with Crippen molar-refractivity contribution in [3.05, 3.63) is 48.6 Å². The summed E-state index contributed by atoms with van der Waals surface area (Å²) in [5.41, 5.74) is 3.47. The van der Waals surface area contributed by atoms with Crippen molar-refractivity contribution < 1.29 is 4.79 Å². The molecule has 0 aromatic rings. The summed E-state index contributed by atoms with van der Waals surface area (Å²) in [6, 6.07) is 0. The molecule has 1 nitrogen and oxygen atoms in total. The molecule has 0 bridgehead atoms. The molecule has 1 rings (SSSR count). The number of allylic oxidation sites excluding steroid dienone is 5. The Balaban J connectivity index is 2.77. The first kappa shape index (κ1) is 17.7. The van der Waals surface area contributed by atoms with Crippen molar-refractivity contribution in [2.24, 2.45) is 17.3 Å². The van der Waals surface area contributed by atoms with Crippen molar-refractivity contribution >= 4 is 5.78 Å². The van der Waals surface area contributed by atoms with Crippen LogP contribution in [0.1, 0.15) is 53.4 Å². The van der Waals surface area contributed by atoms with Crippen molar-refractivity contribution in [2.45, 2.75) is 53.4 Å². The molecule has 0 aromatic heterocycles. The first-order chi connectivity index (χ1) is 9.69. The normalized spacial score (nSPS) is 28.6. The Morgan fingerprint density at radius 3 is 2.38 bits per heavy atom. The second kappa shape index (κ2) is 7.06. The maximum atomic E-state index is 11.9. The molecule has 0 N–H and O–H groups in total. The van der Waals surface area contributed by atoms with E-state index in [2.05, 4.69) is 39.7 Å². The third-order valence-electron chi connectivity index (χ3n) is 4.84. The molecule has 0 aromatic carbocycles. The van der Waals surface area contributed by atoms with E-state index in [9.17, 15) is 4.79 Å². The maximum Gasteiger partial charge on any atom is 0.159 e. The molecule has 0 unspecified atom stereocenters. The molecule has 1 fully saturated rings. The van der Waals surface area contributed by atoms with Gasteiger partial charge in [0.05, 0.1) is 0 Å². The van der Waals surface area contributed by atoms with Gasteiger partial charge in [0.2, 0.25) is 0 Å². The summed E-state index contributed by atoms with van der Waals surface area (Å²) in [7, 11) is 0. The predicted octanol–water partition coefficient (Wildman–Crippen LogP) is 5.65. The van der Waals surface area contributed by atoms with Crippen LogP contribution in [-0.4, -0.2) is 5.78 Å². The number of hydrogen-bond donors (Lipinski definition) is 0. The van der Waals surface area contributed by atoms with E-state index in [1.54, 1.807) is 6.08 Å². The van der Waals surface area contributed by atoms with Gasteiger partial charge in [-0.1, -0.05) is 42.9 Å². The second-order valence-electron chi connectivity index (χ2n) is 7.10. The van der Waals surface area contributed by atoms with Crippen molar-refractivity contribution in [1.29, 1.82) is 0 Å². The van der Waals surface area contributed by atoms with Crippen molar-refractivity contribution in [3.8, 4) is 0 Å². The van der Waals surface area contributed by atoms with E-state index >= 15 is 0 Å². The molecule has 0 radical (unpaired) electrons. The van der Waals surface area contributed by atoms with Crippen LogP contribution in [0.15, 0.2) is 48.6 Å². The molecule has 21 heavy (non-hydrogen) atoms. The van der Waals surface area contributed by atoms with Crippen LogP contribution in [0.3, 0.4) is 0 Å². The third kappa shape index (κ3) is 4.56. The fourth-order valence-electron chi connectivity index (χ4n) is 3.45. The summed E-state index contributed by atoms with van der Waals surface area (Å²) in [6.45, 7) is 20.6. The van der Waals surface area contributed by atoms with Gasteiger partial charge in [0.1, 0.15) is 0 Å². The van der Waals surface area contributed by atoms with Crippen LogP contribution in [0.25, 0.3) is 0 Å². The highest BCUT2D eigenvalue weighted by molar-refractivity contribution is 5.91. The first-order valence-corrected chi connectivity index (χ1v) is 7.84. The monoisotopic (exact) mass is 286 g/mol. The summed E-state index contributed by atoms with van der Waals surface area (Å²) in [6.07, 6.45) is 7.50. The molecular weight excluding hydrogens is 256 g/mol. The standard InChI is InChI=1S/C20H30O/c1-8-20(7)10-9-17(13-19(20)15(4)5)16(6)12-18(21)11-14(2)3/h8,11,17,19H,1,4,6,9-10,12-13H2,2-3,5,7H3/t17-,19+,20-/m0/s1. The van der Waals surface area contributed by atoms with Gasteiger partial charge in [-0.25, -0.2) is 0 Å². The molecule has 0 spiro atoms. The van der Waals surface area contributed by atoms with Gasteiger partial charge in [0, 0.05) is 6.42 Å². The molecule has 0 amide bonds. The first-order valence-electron chi connectivity index (χ1n) is 7.84. The van der Waals surface area contributed by atoms with E-state index < -0.39 is 0 Å². The zero-order valence-corrected chi connectivity index (χ0v) is 14.2. The zero-order valence-electron chi connectivity index (χ0n) is 14.2. The van der Waals surface area contributed by atoms with E-state index in [0.717, 1.165) is 30.4 Å². The molecule has 0 heterocycles. The largest absolute Gasteiger partial charge is 0.295 e. The molecule has 0 saturated heterocycles. The number of rotatable bonds is 6. The predicted molar refractivity (Wildman–Crippen MR) is 92.1 cm³/mol. The lowest BCUT2D eigenvalue weighted by Crippen LogP contribution is -2.34. The fourth-order valence-corrected chi connectivity index (χ4v) is 3.45. The number of carbonyl (C=O) groups is 1. The van der Waals surface area contributed by atoms with Gasteiger partial charge in [-0.3, -0.25) is 4.79 Å². The number of hydrogen-bond acceptors (Lipinski definition) is 1. The molecule has 1 aliphatic rings. The van der Waals surface area contributed by atoms with Gasteiger partial charge in [-0.15, -0.1) is 6.58 Å². The van der Waals surface area contributed by atoms with Crippen molar-refractivity contribution in [1.82, 2.24) is 0 Å². The highest BCUT2D eigenvalue weighted by Crippen LogP contribution is 2.49. The molecular formula is C20H30O. The van der Waals surface area contributed by atoms with Gasteiger partial charge in [0.15, 0.2) is 5.78 Å². The van der Waals surface area contributed by atoms with Gasteiger partial charge >= 0.3 is 0 Å². The minimum atomic E-state index is 0.131. The Kier molecular flexibility index (Phi) is 5.95. The van der Waals surface area contributed by atoms with Crippen LogP contribution in [0.4, 0.5) is 0 Å². The average Bonchev–Trinajstić information content (AvgIpc) is 2.37. The van der Waals surface area contributed by atoms with Crippen LogP contribution < -0.4 is 0 Å². The lowest BCUT2D eigenvalue weighted by atomic mass is 9.61. The summed E-state index contributed by atoms with van der Waals surface area (Å²) < 4.78 is 0. The maximum absolute atomic E-state index is 11.9. The van der Waals surface area contributed by atoms with Crippen LogP contribution in [0.2, 0.25) is 0 Å². The quantitative estimate of drug-likeness (QED) is 0.455. The molecule has 1 aliphatic carbocycles. The van der Waals surface area contributed by atoms with Gasteiger partial charge in [-0.05, 0) is 63.4 Å². The minimum absolute atomic E-state index is 0.131. The molecule has 116 valence electrons. The van der Waals surface area contributed by atoms with Crippen molar-refractivity contribution in [3.63, 3.8) is 0 Å². The van der Waals surface area contributed by atoms with Gasteiger partial charge in [-0.2, -0.15) is 0 Å². The molecule has 0 aliphatic heterocycles. The smallest absolute Gasteiger partial charge is 0.159 e. The highest BCUT2D eigenvalue weighted by Gasteiger charge is 2.38. The summed E-state index contributed by atoms with van der Waals surface area (Å²) in [5, 5.41) is 0. The van der Waals surface area contributed by atoms with E-state index in [4.69, 9.17) is 0 Å². The summed E-state index contributed by atoms with van der Waals surface area (Å²) >= 11 is 0. The van der Waals surface area contributed by atoms with Gasteiger partial charge in [0.25, 0.3) is 0 Å². The van der Waals surface area contributed by atoms with E-state index in [1.165, 1.54) is 5.57 Å². The lowest BCUT2D eigenvalue weighted by molar-refractivity contribution is -0.114. The minimum Gasteiger partial charge on any atom is -0.295 e. The Morgan fingerprint density at radius 2 is 1.90 bits per heavy atom. The van der Waals surface area contributed by atoms with Crippen LogP contribution in [0.5, 0.6) is 0 Å². The van der Waals surface area contributed by atoms with Crippen LogP contribution in [-0.2, 0) is 4.79 Å². The third-order valence-corrected chi connectivity index (χ3v) is 4.84. The van der Waals surface area contributed by atoms with Crippen LogP contribution >= 0.6 is 0 Å². The number of ketones is 1. The Hall–Kier alpha value is -1.37. The van der Waals surface area contributed by atoms with Crippen LogP contribution in [0, 0.1) is 17.3 Å². The van der Waals surface area contributed by atoms with Crippen molar-refractivity contribution in [2.75, 3.05) is 0 Å². The Labute approximate surface area is 130 Å². The molecule has 3 atom stereocenters. The lowest BCUT2D eigenvalue weighted by Gasteiger charge is -2.43. The zero-order chi connectivity index (χ0) is 16.2. The average molecular weight is 286 g/mol. The summed E-state index contributed by atoms with van der Waals surface area (Å²) in [4.78, 5) is 11.9. The van der Waals surface area contributed by atoms with E-state index in [0.29, 0.717) is 18.3 Å². The highest BCUT2D eigenvalue weighted by atomic mass is 16.1. The second-order valence-corrected chi connectivity index (χ2v) is 7.10. The van der Waals surface area contributed by atoms with E-state index in [1.807, 2.05) is 13.8 Å². The fraction of sp³-hybridized carbons (Fsp3) is 0.550.